The molecule has 0 spiro atoms. The van der Waals surface area contributed by atoms with Gasteiger partial charge in [-0.05, 0) is 31.7 Å². The number of hydrogen-bond donors (Lipinski definition) is 1. The monoisotopic (exact) mass is 415 g/mol. The second-order valence-corrected chi connectivity index (χ2v) is 8.27. The number of nitro benzene ring substituents is 1. The van der Waals surface area contributed by atoms with Gasteiger partial charge in [0.05, 0.1) is 17.1 Å². The van der Waals surface area contributed by atoms with Crippen molar-refractivity contribution in [1.82, 2.24) is 4.90 Å². The summed E-state index contributed by atoms with van der Waals surface area (Å²) in [4.78, 5) is 26.0. The molecule has 0 aromatic heterocycles. The molecule has 0 atom stereocenters. The predicted molar refractivity (Wildman–Crippen MR) is 117 cm³/mol. The zero-order valence-electron chi connectivity index (χ0n) is 17.9. The van der Waals surface area contributed by atoms with Crippen molar-refractivity contribution in [3.63, 3.8) is 0 Å². The Kier molecular flexibility index (Phi) is 8.25. The summed E-state index contributed by atoms with van der Waals surface area (Å²) < 4.78 is 5.30. The molecule has 1 saturated carbocycles. The van der Waals surface area contributed by atoms with Crippen molar-refractivity contribution in [2.45, 2.75) is 58.3 Å². The highest BCUT2D eigenvalue weighted by Gasteiger charge is 2.28. The molecule has 1 heterocycles. The van der Waals surface area contributed by atoms with E-state index in [1.807, 2.05) is 0 Å². The van der Waals surface area contributed by atoms with Crippen LogP contribution in [0.5, 0.6) is 0 Å². The Bertz CT molecular complexity index is 769. The number of ether oxygens (including phenoxy) is 1. The van der Waals surface area contributed by atoms with Crippen molar-refractivity contribution >= 4 is 17.3 Å². The van der Waals surface area contributed by atoms with Gasteiger partial charge in [-0.2, -0.15) is 0 Å². The number of carbonyl (C=O) groups excluding carboxylic acids is 1. The molecule has 3 rings (SSSR count). The van der Waals surface area contributed by atoms with Gasteiger partial charge in [-0.15, -0.1) is 0 Å². The van der Waals surface area contributed by atoms with E-state index in [1.165, 1.54) is 51.0 Å². The maximum Gasteiger partial charge on any atom is 0.337 e. The molecule has 1 aromatic carbocycles. The van der Waals surface area contributed by atoms with Gasteiger partial charge in [0, 0.05) is 37.8 Å². The van der Waals surface area contributed by atoms with Gasteiger partial charge in [0.15, 0.2) is 0 Å². The Morgan fingerprint density at radius 3 is 2.60 bits per heavy atom. The molecule has 0 saturated heterocycles. The van der Waals surface area contributed by atoms with E-state index in [9.17, 15) is 14.9 Å². The maximum atomic E-state index is 12.7. The minimum absolute atomic E-state index is 0.00478. The smallest absolute Gasteiger partial charge is 0.337 e. The first kappa shape index (κ1) is 22.3. The van der Waals surface area contributed by atoms with E-state index in [0.717, 1.165) is 18.8 Å². The van der Waals surface area contributed by atoms with Crippen molar-refractivity contribution in [3.8, 4) is 0 Å². The lowest BCUT2D eigenvalue weighted by Crippen LogP contribution is -2.39. The summed E-state index contributed by atoms with van der Waals surface area (Å²) in [7, 11) is 0. The fraction of sp³-hybridized carbons (Fsp3) is 0.609. The van der Waals surface area contributed by atoms with Crippen LogP contribution in [0.2, 0.25) is 0 Å². The standard InChI is InChI=1S/C23H33N3O4/c1-2-30-23(27)19-17-25(16-18-10-6-4-3-5-7-11-18)15-14-20(19)24-21-12-8-9-13-22(21)26(28)29/h8-9,12-13,18,24H,2-7,10-11,14-17H2,1H3. The molecule has 0 radical (unpaired) electrons. The molecule has 1 aliphatic heterocycles. The average molecular weight is 416 g/mol. The van der Waals surface area contributed by atoms with Gasteiger partial charge in [-0.25, -0.2) is 4.79 Å². The van der Waals surface area contributed by atoms with Crippen LogP contribution in [0, 0.1) is 16.0 Å². The lowest BCUT2D eigenvalue weighted by molar-refractivity contribution is -0.383. The van der Waals surface area contributed by atoms with E-state index >= 15 is 0 Å². The van der Waals surface area contributed by atoms with Crippen LogP contribution in [0.4, 0.5) is 11.4 Å². The Morgan fingerprint density at radius 1 is 1.20 bits per heavy atom. The van der Waals surface area contributed by atoms with Crippen LogP contribution in [-0.4, -0.2) is 42.0 Å². The first-order chi connectivity index (χ1) is 14.6. The van der Waals surface area contributed by atoms with E-state index in [2.05, 4.69) is 10.2 Å². The molecule has 0 unspecified atom stereocenters. The first-order valence-electron chi connectivity index (χ1n) is 11.2. The average Bonchev–Trinajstić information content (AvgIpc) is 2.71. The van der Waals surface area contributed by atoms with Crippen LogP contribution < -0.4 is 5.32 Å². The van der Waals surface area contributed by atoms with Crippen LogP contribution in [0.25, 0.3) is 0 Å². The van der Waals surface area contributed by atoms with E-state index in [4.69, 9.17) is 4.74 Å². The Morgan fingerprint density at radius 2 is 1.90 bits per heavy atom. The van der Waals surface area contributed by atoms with E-state index in [0.29, 0.717) is 36.8 Å². The van der Waals surface area contributed by atoms with Crippen LogP contribution >= 0.6 is 0 Å². The van der Waals surface area contributed by atoms with Crippen molar-refractivity contribution in [1.29, 1.82) is 0 Å². The quantitative estimate of drug-likeness (QED) is 0.388. The fourth-order valence-electron chi connectivity index (χ4n) is 4.51. The first-order valence-corrected chi connectivity index (χ1v) is 11.2. The number of rotatable bonds is 7. The molecule has 1 fully saturated rings. The van der Waals surface area contributed by atoms with Gasteiger partial charge in [0.1, 0.15) is 5.69 Å². The molecular formula is C23H33N3O4. The topological polar surface area (TPSA) is 84.7 Å². The summed E-state index contributed by atoms with van der Waals surface area (Å²) in [6.45, 7) is 4.47. The molecule has 7 heteroatoms. The third-order valence-corrected chi connectivity index (χ3v) is 6.07. The Balaban J connectivity index is 1.76. The Labute approximate surface area is 178 Å². The number of nitrogens with one attached hydrogen (secondary N) is 1. The minimum atomic E-state index is -0.406. The predicted octanol–water partition coefficient (Wildman–Crippen LogP) is 4.89. The summed E-state index contributed by atoms with van der Waals surface area (Å²) >= 11 is 0. The van der Waals surface area contributed by atoms with Crippen LogP contribution in [0.15, 0.2) is 35.5 Å². The van der Waals surface area contributed by atoms with Crippen molar-refractivity contribution < 1.29 is 14.5 Å². The molecule has 7 nitrogen and oxygen atoms in total. The molecule has 0 amide bonds. The van der Waals surface area contributed by atoms with Gasteiger partial charge in [0.25, 0.3) is 5.69 Å². The zero-order valence-corrected chi connectivity index (χ0v) is 17.9. The van der Waals surface area contributed by atoms with Crippen LogP contribution in [0.3, 0.4) is 0 Å². The largest absolute Gasteiger partial charge is 0.463 e. The summed E-state index contributed by atoms with van der Waals surface area (Å²) in [5.74, 6) is 0.347. The molecule has 30 heavy (non-hydrogen) atoms. The van der Waals surface area contributed by atoms with E-state index < -0.39 is 4.92 Å². The number of nitro groups is 1. The summed E-state index contributed by atoms with van der Waals surface area (Å²) in [6.07, 6.45) is 9.77. The van der Waals surface area contributed by atoms with Crippen LogP contribution in [0.1, 0.15) is 58.3 Å². The second-order valence-electron chi connectivity index (χ2n) is 8.27. The van der Waals surface area contributed by atoms with Gasteiger partial charge in [-0.1, -0.05) is 44.2 Å². The highest BCUT2D eigenvalue weighted by molar-refractivity contribution is 5.91. The van der Waals surface area contributed by atoms with E-state index in [-0.39, 0.29) is 11.7 Å². The molecule has 2 aliphatic rings. The third-order valence-electron chi connectivity index (χ3n) is 6.07. The van der Waals surface area contributed by atoms with Crippen molar-refractivity contribution in [3.05, 3.63) is 45.6 Å². The summed E-state index contributed by atoms with van der Waals surface area (Å²) in [5.41, 5.74) is 1.74. The van der Waals surface area contributed by atoms with Crippen LogP contribution in [-0.2, 0) is 9.53 Å². The van der Waals surface area contributed by atoms with Gasteiger partial charge in [-0.3, -0.25) is 15.0 Å². The number of esters is 1. The number of benzene rings is 1. The van der Waals surface area contributed by atoms with Crippen molar-refractivity contribution in [2.75, 3.05) is 31.6 Å². The molecule has 0 bridgehead atoms. The maximum absolute atomic E-state index is 12.7. The minimum Gasteiger partial charge on any atom is -0.463 e. The highest BCUT2D eigenvalue weighted by Crippen LogP contribution is 2.30. The fourth-order valence-corrected chi connectivity index (χ4v) is 4.51. The highest BCUT2D eigenvalue weighted by atomic mass is 16.6. The molecule has 1 aromatic rings. The molecule has 164 valence electrons. The second kappa shape index (κ2) is 11.1. The number of anilines is 1. The third kappa shape index (κ3) is 6.05. The zero-order chi connectivity index (χ0) is 21.3. The van der Waals surface area contributed by atoms with Gasteiger partial charge < -0.3 is 10.1 Å². The molecular weight excluding hydrogens is 382 g/mol. The van der Waals surface area contributed by atoms with E-state index in [1.54, 1.807) is 25.1 Å². The summed E-state index contributed by atoms with van der Waals surface area (Å²) in [6, 6.07) is 6.54. The normalized spacial score (nSPS) is 19.1. The Hall–Kier alpha value is -2.41. The SMILES string of the molecule is CCOC(=O)C1=C(Nc2ccccc2[N+](=O)[O-])CCN(CC2CCCCCCC2)C1. The van der Waals surface area contributed by atoms with Crippen molar-refractivity contribution in [2.24, 2.45) is 5.92 Å². The number of carbonyl (C=O) groups is 1. The molecule has 1 aliphatic carbocycles. The number of nitrogens with zero attached hydrogens (tertiary/aromatic N) is 2. The lowest BCUT2D eigenvalue weighted by Gasteiger charge is -2.33. The van der Waals surface area contributed by atoms with Gasteiger partial charge >= 0.3 is 5.97 Å². The molecule has 1 N–H and O–H groups in total. The van der Waals surface area contributed by atoms with Gasteiger partial charge in [0.2, 0.25) is 0 Å². The number of hydrogen-bond acceptors (Lipinski definition) is 6. The number of para-hydroxylation sites is 2. The lowest BCUT2D eigenvalue weighted by atomic mass is 9.90. The summed E-state index contributed by atoms with van der Waals surface area (Å²) in [5, 5.41) is 14.5.